The Bertz CT molecular complexity index is 289. The lowest BCUT2D eigenvalue weighted by Crippen LogP contribution is -2.41. The molecule has 0 saturated heterocycles. The van der Waals surface area contributed by atoms with E-state index in [1.54, 1.807) is 0 Å². The van der Waals surface area contributed by atoms with Gasteiger partial charge in [0.1, 0.15) is 5.78 Å². The van der Waals surface area contributed by atoms with Crippen molar-refractivity contribution in [3.05, 3.63) is 0 Å². The maximum absolute atomic E-state index is 12.3. The van der Waals surface area contributed by atoms with Crippen LogP contribution in [-0.4, -0.2) is 11.8 Å². The number of carbonyl (C=O) groups excluding carboxylic acids is 1. The molecule has 1 saturated carbocycles. The van der Waals surface area contributed by atoms with Crippen molar-refractivity contribution in [2.24, 2.45) is 11.1 Å². The molecule has 0 radical (unpaired) electrons. The van der Waals surface area contributed by atoms with Gasteiger partial charge >= 0.3 is 0 Å². The molecule has 2 nitrogen and oxygen atoms in total. The summed E-state index contributed by atoms with van der Waals surface area (Å²) in [6.07, 6.45) is 17.1. The van der Waals surface area contributed by atoms with Crippen LogP contribution in [0.2, 0.25) is 0 Å². The van der Waals surface area contributed by atoms with Gasteiger partial charge in [-0.1, -0.05) is 78.1 Å². The van der Waals surface area contributed by atoms with Gasteiger partial charge in [-0.15, -0.1) is 0 Å². The average molecular weight is 296 g/mol. The first-order valence-corrected chi connectivity index (χ1v) is 9.40. The van der Waals surface area contributed by atoms with E-state index in [-0.39, 0.29) is 11.5 Å². The van der Waals surface area contributed by atoms with Gasteiger partial charge in [-0.2, -0.15) is 0 Å². The van der Waals surface area contributed by atoms with Gasteiger partial charge in [-0.25, -0.2) is 0 Å². The number of unbranched alkanes of at least 4 members (excludes halogenated alkanes) is 9. The quantitative estimate of drug-likeness (QED) is 0.491. The lowest BCUT2D eigenvalue weighted by atomic mass is 9.79. The molecule has 2 N–H and O–H groups in total. The number of nitrogens with two attached hydrogens (primary N) is 1. The van der Waals surface area contributed by atoms with Crippen LogP contribution in [0.3, 0.4) is 0 Å². The molecular formula is C19H37NO. The monoisotopic (exact) mass is 295 g/mol. The van der Waals surface area contributed by atoms with E-state index >= 15 is 0 Å². The number of hydrogen-bond acceptors (Lipinski definition) is 2. The molecule has 0 heterocycles. The summed E-state index contributed by atoms with van der Waals surface area (Å²) in [7, 11) is 0. The zero-order valence-corrected chi connectivity index (χ0v) is 14.5. The zero-order valence-electron chi connectivity index (χ0n) is 14.5. The minimum absolute atomic E-state index is 0.105. The van der Waals surface area contributed by atoms with Crippen molar-refractivity contribution in [1.29, 1.82) is 0 Å². The summed E-state index contributed by atoms with van der Waals surface area (Å²) in [5.41, 5.74) is 5.90. The minimum Gasteiger partial charge on any atom is -0.327 e. The summed E-state index contributed by atoms with van der Waals surface area (Å²) in [5.74, 6) is 0.423. The molecule has 1 aliphatic carbocycles. The van der Waals surface area contributed by atoms with E-state index in [4.69, 9.17) is 5.73 Å². The molecule has 2 atom stereocenters. The second-order valence-corrected chi connectivity index (χ2v) is 7.27. The Balaban J connectivity index is 1.96. The maximum Gasteiger partial charge on any atom is 0.140 e. The first-order chi connectivity index (χ1) is 10.1. The molecule has 0 spiro atoms. The molecule has 0 aromatic carbocycles. The third-order valence-corrected chi connectivity index (χ3v) is 5.42. The van der Waals surface area contributed by atoms with Gasteiger partial charge in [0.15, 0.2) is 0 Å². The van der Waals surface area contributed by atoms with Gasteiger partial charge in [0.05, 0.1) is 0 Å². The predicted molar refractivity (Wildman–Crippen MR) is 91.4 cm³/mol. The summed E-state index contributed by atoms with van der Waals surface area (Å²) in [6.45, 7) is 4.35. The highest BCUT2D eigenvalue weighted by Crippen LogP contribution is 2.38. The van der Waals surface area contributed by atoms with Crippen LogP contribution in [0.15, 0.2) is 0 Å². The molecule has 0 bridgehead atoms. The Hall–Kier alpha value is -0.370. The van der Waals surface area contributed by atoms with Crippen LogP contribution in [0, 0.1) is 5.41 Å². The molecule has 2 heteroatoms. The molecule has 0 aromatic rings. The second-order valence-electron chi connectivity index (χ2n) is 7.27. The smallest absolute Gasteiger partial charge is 0.140 e. The topological polar surface area (TPSA) is 43.1 Å². The first-order valence-electron chi connectivity index (χ1n) is 9.40. The second kappa shape index (κ2) is 10.4. The van der Waals surface area contributed by atoms with Crippen molar-refractivity contribution in [1.82, 2.24) is 0 Å². The molecule has 124 valence electrons. The van der Waals surface area contributed by atoms with Gasteiger partial charge in [-0.3, -0.25) is 4.79 Å². The fourth-order valence-electron chi connectivity index (χ4n) is 3.60. The van der Waals surface area contributed by atoms with Crippen molar-refractivity contribution in [3.63, 3.8) is 0 Å². The van der Waals surface area contributed by atoms with Gasteiger partial charge in [-0.05, 0) is 19.3 Å². The van der Waals surface area contributed by atoms with Crippen LogP contribution in [-0.2, 0) is 4.79 Å². The van der Waals surface area contributed by atoms with Crippen molar-refractivity contribution in [2.45, 2.75) is 110 Å². The van der Waals surface area contributed by atoms with Crippen LogP contribution in [0.25, 0.3) is 0 Å². The third kappa shape index (κ3) is 6.50. The minimum atomic E-state index is -0.209. The number of hydrogen-bond donors (Lipinski definition) is 1. The highest BCUT2D eigenvalue weighted by atomic mass is 16.1. The van der Waals surface area contributed by atoms with Gasteiger partial charge in [0.25, 0.3) is 0 Å². The Morgan fingerprint density at radius 1 is 1.00 bits per heavy atom. The van der Waals surface area contributed by atoms with Crippen LogP contribution < -0.4 is 5.73 Å². The summed E-state index contributed by atoms with van der Waals surface area (Å²) in [6, 6.07) is 0.105. The Morgan fingerprint density at radius 3 is 2.00 bits per heavy atom. The van der Waals surface area contributed by atoms with Crippen LogP contribution >= 0.6 is 0 Å². The molecule has 1 rings (SSSR count). The lowest BCUT2D eigenvalue weighted by Gasteiger charge is -2.27. The largest absolute Gasteiger partial charge is 0.327 e. The van der Waals surface area contributed by atoms with Crippen LogP contribution in [0.1, 0.15) is 104 Å². The molecule has 0 amide bonds. The van der Waals surface area contributed by atoms with Crippen LogP contribution in [0.4, 0.5) is 0 Å². The predicted octanol–water partition coefficient (Wildman–Crippen LogP) is 5.38. The number of Topliss-reactive ketones (excluding diaryl/α,β-unsaturated/α-hetero) is 1. The molecule has 1 fully saturated rings. The van der Waals surface area contributed by atoms with E-state index in [1.807, 2.05) is 0 Å². The fraction of sp³-hybridized carbons (Fsp3) is 0.947. The van der Waals surface area contributed by atoms with Crippen molar-refractivity contribution in [3.8, 4) is 0 Å². The fourth-order valence-corrected chi connectivity index (χ4v) is 3.60. The highest BCUT2D eigenvalue weighted by Gasteiger charge is 2.41. The van der Waals surface area contributed by atoms with E-state index in [1.165, 1.54) is 57.8 Å². The lowest BCUT2D eigenvalue weighted by molar-refractivity contribution is -0.128. The Morgan fingerprint density at radius 2 is 1.52 bits per heavy atom. The van der Waals surface area contributed by atoms with Gasteiger partial charge in [0.2, 0.25) is 0 Å². The maximum atomic E-state index is 12.3. The Kier molecular flexibility index (Phi) is 9.23. The van der Waals surface area contributed by atoms with E-state index < -0.39 is 0 Å². The van der Waals surface area contributed by atoms with E-state index in [2.05, 4.69) is 13.8 Å². The summed E-state index contributed by atoms with van der Waals surface area (Å²) < 4.78 is 0. The SMILES string of the molecule is CCCCCCCCCCCCC(=O)C1(C)CCCC1N. The average Bonchev–Trinajstić information content (AvgIpc) is 2.82. The van der Waals surface area contributed by atoms with Crippen LogP contribution in [0.5, 0.6) is 0 Å². The number of carbonyl (C=O) groups is 1. The van der Waals surface area contributed by atoms with E-state index in [0.29, 0.717) is 5.78 Å². The molecule has 21 heavy (non-hydrogen) atoms. The number of ketones is 1. The zero-order chi connectivity index (χ0) is 15.6. The molecular weight excluding hydrogens is 258 g/mol. The Labute approximate surface area is 132 Å². The van der Waals surface area contributed by atoms with Gasteiger partial charge < -0.3 is 5.73 Å². The van der Waals surface area contributed by atoms with Crippen molar-refractivity contribution >= 4 is 5.78 Å². The summed E-state index contributed by atoms with van der Waals surface area (Å²) in [5, 5.41) is 0. The molecule has 0 aromatic heterocycles. The first kappa shape index (κ1) is 18.7. The van der Waals surface area contributed by atoms with Gasteiger partial charge in [0, 0.05) is 17.9 Å². The summed E-state index contributed by atoms with van der Waals surface area (Å²) >= 11 is 0. The third-order valence-electron chi connectivity index (χ3n) is 5.42. The van der Waals surface area contributed by atoms with E-state index in [0.717, 1.165) is 32.1 Å². The molecule has 2 unspecified atom stereocenters. The van der Waals surface area contributed by atoms with Crippen molar-refractivity contribution in [2.75, 3.05) is 0 Å². The standard InChI is InChI=1S/C19H37NO/c1-3-4-5-6-7-8-9-10-11-12-15-18(21)19(2)16-13-14-17(19)20/h17H,3-16,20H2,1-2H3. The molecule has 1 aliphatic rings. The van der Waals surface area contributed by atoms with E-state index in [9.17, 15) is 4.79 Å². The normalized spacial score (nSPS) is 25.4. The number of rotatable bonds is 12. The molecule has 0 aliphatic heterocycles. The van der Waals surface area contributed by atoms with Crippen molar-refractivity contribution < 1.29 is 4.79 Å². The summed E-state index contributed by atoms with van der Waals surface area (Å²) in [4.78, 5) is 12.3. The highest BCUT2D eigenvalue weighted by molar-refractivity contribution is 5.85.